The number of rotatable bonds is 4. The first kappa shape index (κ1) is 14.5. The monoisotopic (exact) mass is 319 g/mol. The van der Waals surface area contributed by atoms with Crippen LogP contribution in [0.4, 0.5) is 8.78 Å². The van der Waals surface area contributed by atoms with Crippen LogP contribution in [0, 0.1) is 11.6 Å². The van der Waals surface area contributed by atoms with Crippen LogP contribution in [0.3, 0.4) is 0 Å². The van der Waals surface area contributed by atoms with Gasteiger partial charge in [0.25, 0.3) is 5.91 Å². The highest BCUT2D eigenvalue weighted by molar-refractivity contribution is 7.17. The Morgan fingerprint density at radius 2 is 2.00 bits per heavy atom. The minimum atomic E-state index is -1.17. The van der Waals surface area contributed by atoms with E-state index in [9.17, 15) is 13.6 Å². The van der Waals surface area contributed by atoms with Crippen molar-refractivity contribution in [3.8, 4) is 5.75 Å². The van der Waals surface area contributed by atoms with Crippen LogP contribution in [0.2, 0.25) is 0 Å². The summed E-state index contributed by atoms with van der Waals surface area (Å²) in [7, 11) is 0. The zero-order chi connectivity index (χ0) is 15.7. The average molecular weight is 319 g/mol. The van der Waals surface area contributed by atoms with E-state index in [1.54, 1.807) is 11.3 Å². The number of carbonyl (C=O) groups excluding carboxylic acids is 1. The minimum Gasteiger partial charge on any atom is -0.486 e. The highest BCUT2D eigenvalue weighted by Gasteiger charge is 2.19. The van der Waals surface area contributed by atoms with E-state index in [0.717, 1.165) is 27.8 Å². The molecule has 0 bridgehead atoms. The summed E-state index contributed by atoms with van der Waals surface area (Å²) >= 11 is 1.63. The number of hydrogen-bond donors (Lipinski definition) is 1. The van der Waals surface area contributed by atoms with Crippen molar-refractivity contribution in [1.29, 1.82) is 0 Å². The average Bonchev–Trinajstić information content (AvgIpc) is 2.93. The van der Waals surface area contributed by atoms with Crippen LogP contribution in [0.1, 0.15) is 15.9 Å². The van der Waals surface area contributed by atoms with Crippen molar-refractivity contribution < 1.29 is 18.3 Å². The molecule has 22 heavy (non-hydrogen) atoms. The van der Waals surface area contributed by atoms with Crippen molar-refractivity contribution >= 4 is 27.3 Å². The lowest BCUT2D eigenvalue weighted by molar-refractivity contribution is 0.0991. The van der Waals surface area contributed by atoms with Gasteiger partial charge in [-0.3, -0.25) is 4.79 Å². The number of thiophene rings is 1. The molecule has 1 aromatic heterocycles. The number of ether oxygens (including phenoxy) is 1. The molecule has 0 fully saturated rings. The fraction of sp³-hybridized carbons (Fsp3) is 0.0625. The van der Waals surface area contributed by atoms with Crippen LogP contribution >= 0.6 is 11.3 Å². The van der Waals surface area contributed by atoms with Crippen molar-refractivity contribution in [2.45, 2.75) is 6.61 Å². The highest BCUT2D eigenvalue weighted by atomic mass is 32.1. The smallest absolute Gasteiger partial charge is 0.254 e. The molecular formula is C16H11F2NO2S. The predicted octanol–water partition coefficient (Wildman–Crippen LogP) is 3.86. The first-order chi connectivity index (χ1) is 10.6. The van der Waals surface area contributed by atoms with Gasteiger partial charge < -0.3 is 10.5 Å². The van der Waals surface area contributed by atoms with Gasteiger partial charge >= 0.3 is 0 Å². The molecular weight excluding hydrogens is 308 g/mol. The molecule has 0 saturated heterocycles. The van der Waals surface area contributed by atoms with Gasteiger partial charge in [0.15, 0.2) is 11.6 Å². The Hall–Kier alpha value is -2.47. The number of benzene rings is 2. The standard InChI is InChI=1S/C16H11F2NO2S/c17-11-2-3-12(15(18)14(11)16(19)20)21-8-9-1-4-13-10(7-9)5-6-22-13/h1-7H,8H2,(H2,19,20). The molecule has 0 aliphatic heterocycles. The van der Waals surface area contributed by atoms with Crippen molar-refractivity contribution in [1.82, 2.24) is 0 Å². The Labute approximate surface area is 128 Å². The Morgan fingerprint density at radius 1 is 1.18 bits per heavy atom. The SMILES string of the molecule is NC(=O)c1c(F)ccc(OCc2ccc3sccc3c2)c1F. The lowest BCUT2D eigenvalue weighted by Crippen LogP contribution is -2.16. The Balaban J connectivity index is 1.84. The van der Waals surface area contributed by atoms with E-state index in [1.165, 1.54) is 0 Å². The van der Waals surface area contributed by atoms with Crippen LogP contribution in [-0.4, -0.2) is 5.91 Å². The summed E-state index contributed by atoms with van der Waals surface area (Å²) in [6, 6.07) is 9.83. The maximum atomic E-state index is 14.0. The molecule has 3 rings (SSSR count). The van der Waals surface area contributed by atoms with E-state index in [-0.39, 0.29) is 12.4 Å². The first-order valence-electron chi connectivity index (χ1n) is 6.43. The summed E-state index contributed by atoms with van der Waals surface area (Å²) in [6.45, 7) is 0.104. The molecule has 3 nitrogen and oxygen atoms in total. The number of amides is 1. The molecule has 0 unspecified atom stereocenters. The lowest BCUT2D eigenvalue weighted by atomic mass is 10.1. The fourth-order valence-electron chi connectivity index (χ4n) is 2.14. The quantitative estimate of drug-likeness (QED) is 0.794. The van der Waals surface area contributed by atoms with E-state index in [4.69, 9.17) is 10.5 Å². The van der Waals surface area contributed by atoms with Gasteiger partial charge in [-0.05, 0) is 46.7 Å². The predicted molar refractivity (Wildman–Crippen MR) is 81.0 cm³/mol. The summed E-state index contributed by atoms with van der Waals surface area (Å²) < 4.78 is 33.9. The molecule has 1 heterocycles. The summed E-state index contributed by atoms with van der Waals surface area (Å²) in [5.74, 6) is -3.46. The Kier molecular flexibility index (Phi) is 3.77. The zero-order valence-electron chi connectivity index (χ0n) is 11.3. The number of halogens is 2. The molecule has 0 atom stereocenters. The molecule has 0 spiro atoms. The topological polar surface area (TPSA) is 52.3 Å². The van der Waals surface area contributed by atoms with Gasteiger partial charge in [0.1, 0.15) is 18.0 Å². The first-order valence-corrected chi connectivity index (χ1v) is 7.31. The van der Waals surface area contributed by atoms with Gasteiger partial charge in [-0.1, -0.05) is 6.07 Å². The van der Waals surface area contributed by atoms with Gasteiger partial charge in [0.05, 0.1) is 0 Å². The Morgan fingerprint density at radius 3 is 2.77 bits per heavy atom. The summed E-state index contributed by atoms with van der Waals surface area (Å²) in [4.78, 5) is 11.1. The van der Waals surface area contributed by atoms with Crippen LogP contribution < -0.4 is 10.5 Å². The lowest BCUT2D eigenvalue weighted by Gasteiger charge is -2.10. The molecule has 112 valence electrons. The van der Waals surface area contributed by atoms with Crippen molar-refractivity contribution in [3.63, 3.8) is 0 Å². The van der Waals surface area contributed by atoms with Crippen molar-refractivity contribution in [2.75, 3.05) is 0 Å². The number of hydrogen-bond acceptors (Lipinski definition) is 3. The fourth-order valence-corrected chi connectivity index (χ4v) is 2.91. The molecule has 2 N–H and O–H groups in total. The third-order valence-electron chi connectivity index (χ3n) is 3.21. The number of primary amides is 1. The summed E-state index contributed by atoms with van der Waals surface area (Å²) in [5.41, 5.74) is 5.03. The van der Waals surface area contributed by atoms with E-state index in [2.05, 4.69) is 0 Å². The van der Waals surface area contributed by atoms with E-state index < -0.39 is 23.1 Å². The number of fused-ring (bicyclic) bond motifs is 1. The maximum absolute atomic E-state index is 14.0. The highest BCUT2D eigenvalue weighted by Crippen LogP contribution is 2.25. The molecule has 0 aliphatic rings. The Bertz CT molecular complexity index is 860. The number of nitrogens with two attached hydrogens (primary N) is 1. The maximum Gasteiger partial charge on any atom is 0.254 e. The zero-order valence-corrected chi connectivity index (χ0v) is 12.1. The molecule has 2 aromatic carbocycles. The molecule has 0 aliphatic carbocycles. The summed E-state index contributed by atoms with van der Waals surface area (Å²) in [5, 5.41) is 3.05. The van der Waals surface area contributed by atoms with Gasteiger partial charge in [0.2, 0.25) is 0 Å². The van der Waals surface area contributed by atoms with Crippen LogP contribution in [0.5, 0.6) is 5.75 Å². The second-order valence-electron chi connectivity index (χ2n) is 4.68. The second kappa shape index (κ2) is 5.73. The number of carbonyl (C=O) groups is 1. The third kappa shape index (κ3) is 2.65. The molecule has 1 amide bonds. The van der Waals surface area contributed by atoms with Gasteiger partial charge in [-0.25, -0.2) is 8.78 Å². The van der Waals surface area contributed by atoms with Gasteiger partial charge in [0, 0.05) is 4.70 Å². The van der Waals surface area contributed by atoms with Crippen LogP contribution in [-0.2, 0) is 6.61 Å². The van der Waals surface area contributed by atoms with Crippen LogP contribution in [0.25, 0.3) is 10.1 Å². The van der Waals surface area contributed by atoms with Crippen LogP contribution in [0.15, 0.2) is 41.8 Å². The molecule has 0 saturated carbocycles. The van der Waals surface area contributed by atoms with Gasteiger partial charge in [-0.15, -0.1) is 11.3 Å². The molecule has 6 heteroatoms. The summed E-state index contributed by atoms with van der Waals surface area (Å²) in [6.07, 6.45) is 0. The van der Waals surface area contributed by atoms with E-state index in [0.29, 0.717) is 0 Å². The van der Waals surface area contributed by atoms with Crippen molar-refractivity contribution in [2.24, 2.45) is 5.73 Å². The minimum absolute atomic E-state index is 0.104. The third-order valence-corrected chi connectivity index (χ3v) is 4.11. The largest absolute Gasteiger partial charge is 0.486 e. The van der Waals surface area contributed by atoms with E-state index >= 15 is 0 Å². The van der Waals surface area contributed by atoms with Gasteiger partial charge in [-0.2, -0.15) is 0 Å². The second-order valence-corrected chi connectivity index (χ2v) is 5.63. The van der Waals surface area contributed by atoms with E-state index in [1.807, 2.05) is 29.6 Å². The normalized spacial score (nSPS) is 10.8. The van der Waals surface area contributed by atoms with Crippen molar-refractivity contribution in [3.05, 3.63) is 64.5 Å². The molecule has 3 aromatic rings. The molecule has 0 radical (unpaired) electrons.